The molecule has 4 N–H and O–H groups in total. The van der Waals surface area contributed by atoms with Crippen LogP contribution in [-0.4, -0.2) is 34.0 Å². The van der Waals surface area contributed by atoms with Gasteiger partial charge in [-0.1, -0.05) is 0 Å². The smallest absolute Gasteiger partial charge is 0.475 e. The maximum Gasteiger partial charge on any atom is 0.490 e. The standard InChI is InChI=1S/C7H15NO.C2HF3O2/c1-7(9)4-2-6(8)3-5-7;3-2(4,5)1(6)7/h6,9H,2-5,8H2,1H3;(H,6,7)/t6-,7+;. The molecule has 0 unspecified atom stereocenters. The van der Waals surface area contributed by atoms with Gasteiger partial charge in [0.1, 0.15) is 0 Å². The number of carbonyl (C=O) groups is 1. The molecule has 0 amide bonds. The number of aliphatic hydroxyl groups is 1. The molecule has 1 saturated carbocycles. The van der Waals surface area contributed by atoms with Crippen molar-refractivity contribution >= 4 is 5.97 Å². The maximum atomic E-state index is 10.6. The van der Waals surface area contributed by atoms with E-state index in [2.05, 4.69) is 0 Å². The Morgan fingerprint density at radius 2 is 1.69 bits per heavy atom. The predicted octanol–water partition coefficient (Wildman–Crippen LogP) is 1.27. The SMILES string of the molecule is C[C@]1(O)CC[C@@H](N)CC1.O=C(O)C(F)(F)F. The molecular weight excluding hydrogens is 227 g/mol. The van der Waals surface area contributed by atoms with Gasteiger partial charge in [-0.2, -0.15) is 13.2 Å². The average molecular weight is 243 g/mol. The zero-order valence-electron chi connectivity index (χ0n) is 8.92. The second-order valence-corrected chi connectivity index (χ2v) is 4.14. The van der Waals surface area contributed by atoms with Crippen molar-refractivity contribution in [2.75, 3.05) is 0 Å². The van der Waals surface area contributed by atoms with Gasteiger partial charge in [0.2, 0.25) is 0 Å². The molecule has 1 rings (SSSR count). The Balaban J connectivity index is 0.000000293. The van der Waals surface area contributed by atoms with E-state index in [0.717, 1.165) is 25.7 Å². The monoisotopic (exact) mass is 243 g/mol. The third-order valence-corrected chi connectivity index (χ3v) is 2.35. The Bertz CT molecular complexity index is 231. The van der Waals surface area contributed by atoms with Gasteiger partial charge in [-0.3, -0.25) is 0 Å². The van der Waals surface area contributed by atoms with Crippen LogP contribution in [0.4, 0.5) is 13.2 Å². The number of carboxylic acid groups (broad SMARTS) is 1. The van der Waals surface area contributed by atoms with Crippen molar-refractivity contribution in [1.82, 2.24) is 0 Å². The molecule has 0 aromatic carbocycles. The van der Waals surface area contributed by atoms with Crippen LogP contribution in [0.1, 0.15) is 32.6 Å². The van der Waals surface area contributed by atoms with Gasteiger partial charge in [0, 0.05) is 6.04 Å². The summed E-state index contributed by atoms with van der Waals surface area (Å²) in [5, 5.41) is 16.6. The Labute approximate surface area is 91.2 Å². The molecule has 0 radical (unpaired) electrons. The molecule has 0 aromatic rings. The number of alkyl halides is 3. The molecule has 0 heterocycles. The van der Waals surface area contributed by atoms with Crippen molar-refractivity contribution in [2.45, 2.75) is 50.4 Å². The Kier molecular flexibility index (Phi) is 5.21. The minimum absolute atomic E-state index is 0.338. The van der Waals surface area contributed by atoms with Crippen molar-refractivity contribution in [3.63, 3.8) is 0 Å². The van der Waals surface area contributed by atoms with Gasteiger partial charge in [0.15, 0.2) is 0 Å². The van der Waals surface area contributed by atoms with Crippen molar-refractivity contribution < 1.29 is 28.2 Å². The van der Waals surface area contributed by atoms with E-state index >= 15 is 0 Å². The molecule has 7 heteroatoms. The van der Waals surface area contributed by atoms with E-state index in [-0.39, 0.29) is 0 Å². The molecule has 96 valence electrons. The summed E-state index contributed by atoms with van der Waals surface area (Å²) in [4.78, 5) is 8.90. The number of hydrogen-bond donors (Lipinski definition) is 3. The lowest BCUT2D eigenvalue weighted by molar-refractivity contribution is -0.192. The lowest BCUT2D eigenvalue weighted by Gasteiger charge is -2.30. The Morgan fingerprint density at radius 3 is 1.88 bits per heavy atom. The molecule has 4 nitrogen and oxygen atoms in total. The fourth-order valence-electron chi connectivity index (χ4n) is 1.26. The largest absolute Gasteiger partial charge is 0.490 e. The van der Waals surface area contributed by atoms with Crippen LogP contribution >= 0.6 is 0 Å². The van der Waals surface area contributed by atoms with Crippen LogP contribution in [0.2, 0.25) is 0 Å². The molecule has 16 heavy (non-hydrogen) atoms. The fourth-order valence-corrected chi connectivity index (χ4v) is 1.26. The summed E-state index contributed by atoms with van der Waals surface area (Å²) in [5.74, 6) is -2.76. The summed E-state index contributed by atoms with van der Waals surface area (Å²) >= 11 is 0. The Morgan fingerprint density at radius 1 is 1.38 bits per heavy atom. The van der Waals surface area contributed by atoms with Crippen LogP contribution in [-0.2, 0) is 4.79 Å². The van der Waals surface area contributed by atoms with E-state index in [1.54, 1.807) is 0 Å². The quantitative estimate of drug-likeness (QED) is 0.598. The minimum atomic E-state index is -5.08. The highest BCUT2D eigenvalue weighted by Crippen LogP contribution is 2.26. The van der Waals surface area contributed by atoms with Crippen molar-refractivity contribution in [3.05, 3.63) is 0 Å². The van der Waals surface area contributed by atoms with Gasteiger partial charge in [-0.25, -0.2) is 4.79 Å². The van der Waals surface area contributed by atoms with E-state index in [0.29, 0.717) is 6.04 Å². The number of hydrogen-bond acceptors (Lipinski definition) is 3. The van der Waals surface area contributed by atoms with Crippen LogP contribution in [0, 0.1) is 0 Å². The summed E-state index contributed by atoms with van der Waals surface area (Å²) in [7, 11) is 0. The number of nitrogens with two attached hydrogens (primary N) is 1. The highest BCUT2D eigenvalue weighted by atomic mass is 19.4. The van der Waals surface area contributed by atoms with Gasteiger partial charge >= 0.3 is 12.1 Å². The van der Waals surface area contributed by atoms with E-state index < -0.39 is 17.7 Å². The number of carboxylic acids is 1. The molecule has 0 saturated heterocycles. The van der Waals surface area contributed by atoms with Gasteiger partial charge in [-0.15, -0.1) is 0 Å². The number of halogens is 3. The third-order valence-electron chi connectivity index (χ3n) is 2.35. The van der Waals surface area contributed by atoms with Crippen LogP contribution in [0.15, 0.2) is 0 Å². The van der Waals surface area contributed by atoms with E-state index in [9.17, 15) is 18.3 Å². The second kappa shape index (κ2) is 5.49. The van der Waals surface area contributed by atoms with Gasteiger partial charge in [-0.05, 0) is 32.6 Å². The first kappa shape index (κ1) is 15.2. The van der Waals surface area contributed by atoms with Crippen LogP contribution in [0.3, 0.4) is 0 Å². The summed E-state index contributed by atoms with van der Waals surface area (Å²) < 4.78 is 31.7. The molecule has 1 aliphatic rings. The summed E-state index contributed by atoms with van der Waals surface area (Å²) in [6.07, 6.45) is -1.39. The highest BCUT2D eigenvalue weighted by Gasteiger charge is 2.38. The number of aliphatic carboxylic acids is 1. The first-order chi connectivity index (χ1) is 7.04. The lowest BCUT2D eigenvalue weighted by Crippen LogP contribution is -2.36. The molecule has 1 fully saturated rings. The maximum absolute atomic E-state index is 10.6. The summed E-state index contributed by atoms with van der Waals surface area (Å²) in [6, 6.07) is 0.338. The molecule has 0 aliphatic heterocycles. The normalized spacial score (nSPS) is 30.2. The van der Waals surface area contributed by atoms with E-state index in [1.807, 2.05) is 6.92 Å². The molecule has 0 spiro atoms. The van der Waals surface area contributed by atoms with Crippen LogP contribution in [0.5, 0.6) is 0 Å². The topological polar surface area (TPSA) is 83.5 Å². The van der Waals surface area contributed by atoms with Crippen molar-refractivity contribution in [1.29, 1.82) is 0 Å². The fraction of sp³-hybridized carbons (Fsp3) is 0.889. The first-order valence-corrected chi connectivity index (χ1v) is 4.83. The van der Waals surface area contributed by atoms with E-state index in [4.69, 9.17) is 15.6 Å². The first-order valence-electron chi connectivity index (χ1n) is 4.83. The average Bonchev–Trinajstić information content (AvgIpc) is 2.10. The molecular formula is C9H16F3NO3. The summed E-state index contributed by atoms with van der Waals surface area (Å²) in [6.45, 7) is 1.89. The zero-order chi connectivity index (χ0) is 13.0. The highest BCUT2D eigenvalue weighted by molar-refractivity contribution is 5.73. The minimum Gasteiger partial charge on any atom is -0.475 e. The predicted molar refractivity (Wildman–Crippen MR) is 50.8 cm³/mol. The van der Waals surface area contributed by atoms with Gasteiger partial charge in [0.25, 0.3) is 0 Å². The van der Waals surface area contributed by atoms with Gasteiger partial charge in [0.05, 0.1) is 5.60 Å². The summed E-state index contributed by atoms with van der Waals surface area (Å²) in [5.41, 5.74) is 5.22. The zero-order valence-corrected chi connectivity index (χ0v) is 8.92. The Hall–Kier alpha value is -0.820. The number of rotatable bonds is 0. The molecule has 0 aromatic heterocycles. The van der Waals surface area contributed by atoms with E-state index in [1.165, 1.54) is 0 Å². The lowest BCUT2D eigenvalue weighted by atomic mass is 9.84. The molecule has 0 bridgehead atoms. The van der Waals surface area contributed by atoms with Crippen molar-refractivity contribution in [3.8, 4) is 0 Å². The van der Waals surface area contributed by atoms with Gasteiger partial charge < -0.3 is 15.9 Å². The second-order valence-electron chi connectivity index (χ2n) is 4.14. The molecule has 1 aliphatic carbocycles. The molecule has 0 atom stereocenters. The van der Waals surface area contributed by atoms with Crippen LogP contribution in [0.25, 0.3) is 0 Å². The van der Waals surface area contributed by atoms with Crippen LogP contribution < -0.4 is 5.73 Å². The third kappa shape index (κ3) is 6.62. The van der Waals surface area contributed by atoms with Crippen molar-refractivity contribution in [2.24, 2.45) is 5.73 Å².